The third kappa shape index (κ3) is 2.99. The molecule has 0 radical (unpaired) electrons. The van der Waals surface area contributed by atoms with Crippen molar-refractivity contribution in [1.29, 1.82) is 0 Å². The van der Waals surface area contributed by atoms with Crippen LogP contribution in [0.5, 0.6) is 0 Å². The van der Waals surface area contributed by atoms with E-state index in [0.717, 1.165) is 0 Å². The van der Waals surface area contributed by atoms with Crippen LogP contribution < -0.4 is 10.9 Å². The second-order valence-corrected chi connectivity index (χ2v) is 6.65. The van der Waals surface area contributed by atoms with Gasteiger partial charge in [0.05, 0.1) is 0 Å². The van der Waals surface area contributed by atoms with Crippen LogP contribution in [0.25, 0.3) is 0 Å². The zero-order valence-electron chi connectivity index (χ0n) is 12.6. The SMILES string of the molecule is CN(CC1NNC2CCCC21)C(=O)C(O)c1ccccc1Cl. The number of aliphatic hydroxyl groups excluding tert-OH is 1. The number of amides is 1. The van der Waals surface area contributed by atoms with Crippen LogP contribution in [0, 0.1) is 5.92 Å². The van der Waals surface area contributed by atoms with E-state index in [2.05, 4.69) is 10.9 Å². The summed E-state index contributed by atoms with van der Waals surface area (Å²) in [5.41, 5.74) is 7.05. The Morgan fingerprint density at radius 1 is 1.41 bits per heavy atom. The number of hydrogen-bond donors (Lipinski definition) is 3. The van der Waals surface area contributed by atoms with Gasteiger partial charge in [-0.25, -0.2) is 0 Å². The van der Waals surface area contributed by atoms with Crippen LogP contribution in [0.2, 0.25) is 5.02 Å². The number of hydrogen-bond acceptors (Lipinski definition) is 4. The summed E-state index contributed by atoms with van der Waals surface area (Å²) in [7, 11) is 1.73. The molecule has 1 aliphatic carbocycles. The summed E-state index contributed by atoms with van der Waals surface area (Å²) in [6, 6.07) is 7.66. The first-order chi connectivity index (χ1) is 10.6. The Kier molecular flexibility index (Phi) is 4.68. The second kappa shape index (κ2) is 6.54. The van der Waals surface area contributed by atoms with E-state index in [-0.39, 0.29) is 11.9 Å². The van der Waals surface area contributed by atoms with Gasteiger partial charge in [0.15, 0.2) is 6.10 Å². The van der Waals surface area contributed by atoms with E-state index in [9.17, 15) is 9.90 Å². The maximum Gasteiger partial charge on any atom is 0.255 e. The Balaban J connectivity index is 1.63. The van der Waals surface area contributed by atoms with E-state index >= 15 is 0 Å². The molecule has 1 saturated heterocycles. The molecule has 2 fully saturated rings. The molecule has 0 bridgehead atoms. The molecule has 1 aliphatic heterocycles. The molecule has 6 heteroatoms. The predicted octanol–water partition coefficient (Wildman–Crippen LogP) is 1.48. The summed E-state index contributed by atoms with van der Waals surface area (Å²) in [4.78, 5) is 14.0. The predicted molar refractivity (Wildman–Crippen MR) is 85.2 cm³/mol. The Hall–Kier alpha value is -1.14. The first kappa shape index (κ1) is 15.7. The summed E-state index contributed by atoms with van der Waals surface area (Å²) in [6.07, 6.45) is 2.39. The molecular weight excluding hydrogens is 302 g/mol. The number of likely N-dealkylation sites (N-methyl/N-ethyl adjacent to an activating group) is 1. The molecule has 2 aliphatic rings. The van der Waals surface area contributed by atoms with Crippen molar-refractivity contribution in [3.63, 3.8) is 0 Å². The van der Waals surface area contributed by atoms with Crippen LogP contribution in [0.15, 0.2) is 24.3 Å². The molecule has 3 rings (SSSR count). The molecule has 1 aromatic carbocycles. The average Bonchev–Trinajstić information content (AvgIpc) is 3.11. The first-order valence-corrected chi connectivity index (χ1v) is 8.14. The van der Waals surface area contributed by atoms with Gasteiger partial charge in [0.25, 0.3) is 5.91 Å². The van der Waals surface area contributed by atoms with Gasteiger partial charge < -0.3 is 10.0 Å². The molecule has 4 unspecified atom stereocenters. The van der Waals surface area contributed by atoms with Crippen molar-refractivity contribution in [3.8, 4) is 0 Å². The van der Waals surface area contributed by atoms with Gasteiger partial charge in [0, 0.05) is 36.3 Å². The fourth-order valence-corrected chi connectivity index (χ4v) is 3.81. The lowest BCUT2D eigenvalue weighted by Gasteiger charge is -2.26. The number of halogens is 1. The van der Waals surface area contributed by atoms with Crippen molar-refractivity contribution >= 4 is 17.5 Å². The minimum absolute atomic E-state index is 0.236. The molecule has 1 amide bonds. The van der Waals surface area contributed by atoms with Gasteiger partial charge in [-0.15, -0.1) is 0 Å². The highest BCUT2D eigenvalue weighted by atomic mass is 35.5. The topological polar surface area (TPSA) is 64.6 Å². The molecule has 1 heterocycles. The van der Waals surface area contributed by atoms with Crippen LogP contribution in [0.3, 0.4) is 0 Å². The Morgan fingerprint density at radius 3 is 2.95 bits per heavy atom. The lowest BCUT2D eigenvalue weighted by molar-refractivity contribution is -0.139. The van der Waals surface area contributed by atoms with Gasteiger partial charge in [-0.3, -0.25) is 15.6 Å². The monoisotopic (exact) mass is 323 g/mol. The quantitative estimate of drug-likeness (QED) is 0.785. The normalized spacial score (nSPS) is 28.4. The molecular formula is C16H22ClN3O2. The van der Waals surface area contributed by atoms with Crippen LogP contribution in [-0.4, -0.2) is 41.6 Å². The van der Waals surface area contributed by atoms with Crippen molar-refractivity contribution in [2.24, 2.45) is 5.92 Å². The van der Waals surface area contributed by atoms with Gasteiger partial charge >= 0.3 is 0 Å². The smallest absolute Gasteiger partial charge is 0.255 e. The third-order valence-corrected chi connectivity index (χ3v) is 5.17. The fourth-order valence-electron chi connectivity index (χ4n) is 3.58. The number of hydrazine groups is 1. The van der Waals surface area contributed by atoms with Crippen LogP contribution in [0.4, 0.5) is 0 Å². The molecule has 3 N–H and O–H groups in total. The van der Waals surface area contributed by atoms with E-state index in [4.69, 9.17) is 11.6 Å². The van der Waals surface area contributed by atoms with E-state index in [0.29, 0.717) is 29.1 Å². The van der Waals surface area contributed by atoms with Crippen molar-refractivity contribution in [3.05, 3.63) is 34.9 Å². The van der Waals surface area contributed by atoms with E-state index in [1.165, 1.54) is 19.3 Å². The number of carbonyl (C=O) groups is 1. The van der Waals surface area contributed by atoms with Gasteiger partial charge in [0.2, 0.25) is 0 Å². The highest BCUT2D eigenvalue weighted by molar-refractivity contribution is 6.31. The van der Waals surface area contributed by atoms with E-state index < -0.39 is 6.10 Å². The Morgan fingerprint density at radius 2 is 2.18 bits per heavy atom. The maximum atomic E-state index is 12.4. The van der Waals surface area contributed by atoms with Gasteiger partial charge in [-0.1, -0.05) is 36.2 Å². The highest BCUT2D eigenvalue weighted by Crippen LogP contribution is 2.32. The molecule has 0 aromatic heterocycles. The number of nitrogens with zero attached hydrogens (tertiary/aromatic N) is 1. The van der Waals surface area contributed by atoms with Gasteiger partial charge in [-0.05, 0) is 24.8 Å². The largest absolute Gasteiger partial charge is 0.378 e. The van der Waals surface area contributed by atoms with E-state index in [1.807, 2.05) is 0 Å². The lowest BCUT2D eigenvalue weighted by atomic mass is 9.97. The second-order valence-electron chi connectivity index (χ2n) is 6.24. The fraction of sp³-hybridized carbons (Fsp3) is 0.562. The van der Waals surface area contributed by atoms with Crippen LogP contribution in [-0.2, 0) is 4.79 Å². The van der Waals surface area contributed by atoms with Gasteiger partial charge in [0.1, 0.15) is 0 Å². The molecule has 120 valence electrons. The number of aliphatic hydroxyl groups is 1. The zero-order valence-corrected chi connectivity index (χ0v) is 13.4. The van der Waals surface area contributed by atoms with Gasteiger partial charge in [-0.2, -0.15) is 0 Å². The maximum absolute atomic E-state index is 12.4. The van der Waals surface area contributed by atoms with Crippen molar-refractivity contribution < 1.29 is 9.90 Å². The number of carbonyl (C=O) groups excluding carboxylic acids is 1. The standard InChI is InChI=1S/C16H22ClN3O2/c1-20(9-14-11-6-4-8-13(11)18-19-14)16(22)15(21)10-5-2-3-7-12(10)17/h2-3,5,7,11,13-15,18-19,21H,4,6,8-9H2,1H3. The average molecular weight is 324 g/mol. The number of fused-ring (bicyclic) bond motifs is 1. The van der Waals surface area contributed by atoms with Crippen molar-refractivity contribution in [1.82, 2.24) is 15.8 Å². The molecule has 22 heavy (non-hydrogen) atoms. The number of benzene rings is 1. The summed E-state index contributed by atoms with van der Waals surface area (Å²) >= 11 is 6.06. The molecule has 4 atom stereocenters. The third-order valence-electron chi connectivity index (χ3n) is 4.82. The highest BCUT2D eigenvalue weighted by Gasteiger charge is 2.40. The first-order valence-electron chi connectivity index (χ1n) is 7.76. The van der Waals surface area contributed by atoms with E-state index in [1.54, 1.807) is 36.2 Å². The number of nitrogens with one attached hydrogen (secondary N) is 2. The summed E-state index contributed by atoms with van der Waals surface area (Å²) < 4.78 is 0. The zero-order chi connectivity index (χ0) is 15.7. The van der Waals surface area contributed by atoms with Crippen molar-refractivity contribution in [2.75, 3.05) is 13.6 Å². The summed E-state index contributed by atoms with van der Waals surface area (Å²) in [5.74, 6) is 0.240. The Labute approximate surface area is 135 Å². The van der Waals surface area contributed by atoms with Crippen molar-refractivity contribution in [2.45, 2.75) is 37.5 Å². The number of rotatable bonds is 4. The Bertz CT molecular complexity index is 554. The van der Waals surface area contributed by atoms with Crippen LogP contribution in [0.1, 0.15) is 30.9 Å². The molecule has 5 nitrogen and oxygen atoms in total. The molecule has 1 saturated carbocycles. The minimum atomic E-state index is -1.22. The molecule has 0 spiro atoms. The summed E-state index contributed by atoms with van der Waals surface area (Å²) in [5, 5.41) is 10.7. The lowest BCUT2D eigenvalue weighted by Crippen LogP contribution is -2.44. The minimum Gasteiger partial charge on any atom is -0.378 e. The molecule has 1 aromatic rings. The van der Waals surface area contributed by atoms with Crippen LogP contribution >= 0.6 is 11.6 Å². The summed E-state index contributed by atoms with van der Waals surface area (Å²) in [6.45, 7) is 0.578.